The van der Waals surface area contributed by atoms with E-state index < -0.39 is 0 Å². The highest BCUT2D eigenvalue weighted by atomic mass is 32.2. The Morgan fingerprint density at radius 3 is 2.53 bits per heavy atom. The quantitative estimate of drug-likeness (QED) is 0.917. The third-order valence-corrected chi connectivity index (χ3v) is 4.37. The van der Waals surface area contributed by atoms with Crippen molar-refractivity contribution in [3.05, 3.63) is 23.8 Å². The molecule has 19 heavy (non-hydrogen) atoms. The highest BCUT2D eigenvalue weighted by Gasteiger charge is 2.18. The number of thioether (sulfide) groups is 1. The SMILES string of the molecule is CNC(CSC(C)(C)C)c1ccc2c(c1)OCCO2. The normalized spacial score (nSPS) is 16.2. The zero-order valence-electron chi connectivity index (χ0n) is 12.2. The van der Waals surface area contributed by atoms with E-state index in [0.29, 0.717) is 19.3 Å². The molecule has 1 aliphatic heterocycles. The van der Waals surface area contributed by atoms with Crippen LogP contribution in [0.2, 0.25) is 0 Å². The second-order valence-electron chi connectivity index (χ2n) is 5.67. The van der Waals surface area contributed by atoms with Gasteiger partial charge in [0.05, 0.1) is 0 Å². The molecule has 0 amide bonds. The van der Waals surface area contributed by atoms with E-state index in [1.54, 1.807) is 0 Å². The fourth-order valence-corrected chi connectivity index (χ4v) is 2.98. The maximum atomic E-state index is 5.64. The van der Waals surface area contributed by atoms with E-state index in [1.165, 1.54) is 5.56 Å². The molecule has 0 bridgehead atoms. The number of rotatable bonds is 4. The van der Waals surface area contributed by atoms with Crippen molar-refractivity contribution in [3.63, 3.8) is 0 Å². The number of fused-ring (bicyclic) bond motifs is 1. The summed E-state index contributed by atoms with van der Waals surface area (Å²) in [4.78, 5) is 0. The minimum absolute atomic E-state index is 0.281. The summed E-state index contributed by atoms with van der Waals surface area (Å²) in [6, 6.07) is 6.56. The lowest BCUT2D eigenvalue weighted by Crippen LogP contribution is -2.22. The third-order valence-electron chi connectivity index (χ3n) is 3.00. The summed E-state index contributed by atoms with van der Waals surface area (Å²) < 4.78 is 11.5. The zero-order valence-corrected chi connectivity index (χ0v) is 13.0. The molecule has 1 atom stereocenters. The van der Waals surface area contributed by atoms with Gasteiger partial charge in [0.2, 0.25) is 0 Å². The van der Waals surface area contributed by atoms with E-state index >= 15 is 0 Å². The van der Waals surface area contributed by atoms with Gasteiger partial charge in [-0.2, -0.15) is 11.8 Å². The van der Waals surface area contributed by atoms with Crippen LogP contribution in [0.25, 0.3) is 0 Å². The Hall–Kier alpha value is -0.870. The van der Waals surface area contributed by atoms with Crippen molar-refractivity contribution in [2.75, 3.05) is 26.0 Å². The Morgan fingerprint density at radius 2 is 1.89 bits per heavy atom. The van der Waals surface area contributed by atoms with E-state index in [9.17, 15) is 0 Å². The molecule has 1 aliphatic rings. The average Bonchev–Trinajstić information content (AvgIpc) is 2.38. The molecule has 1 aromatic carbocycles. The summed E-state index contributed by atoms with van der Waals surface area (Å²) in [5, 5.41) is 3.38. The van der Waals surface area contributed by atoms with Crippen LogP contribution in [0.3, 0.4) is 0 Å². The number of ether oxygens (including phenoxy) is 2. The Balaban J connectivity index is 2.10. The van der Waals surface area contributed by atoms with Crippen molar-refractivity contribution < 1.29 is 9.47 Å². The van der Waals surface area contributed by atoms with E-state index in [4.69, 9.17) is 9.47 Å². The number of benzene rings is 1. The summed E-state index contributed by atoms with van der Waals surface area (Å²) in [6.45, 7) is 8.01. The summed E-state index contributed by atoms with van der Waals surface area (Å²) in [5.74, 6) is 2.76. The standard InChI is InChI=1S/C15H23NO2S/c1-15(2,3)19-10-12(16-4)11-5-6-13-14(9-11)18-8-7-17-13/h5-6,9,12,16H,7-8,10H2,1-4H3. The largest absolute Gasteiger partial charge is 0.486 e. The lowest BCUT2D eigenvalue weighted by molar-refractivity contribution is 0.171. The number of hydrogen-bond donors (Lipinski definition) is 1. The second kappa shape index (κ2) is 6.06. The molecule has 4 heteroatoms. The molecule has 1 aromatic rings. The second-order valence-corrected chi connectivity index (χ2v) is 7.51. The summed E-state index contributed by atoms with van der Waals surface area (Å²) in [6.07, 6.45) is 0. The molecule has 0 aliphatic carbocycles. The molecule has 0 radical (unpaired) electrons. The van der Waals surface area contributed by atoms with Gasteiger partial charge < -0.3 is 14.8 Å². The van der Waals surface area contributed by atoms with Crippen LogP contribution in [0.15, 0.2) is 18.2 Å². The predicted molar refractivity (Wildman–Crippen MR) is 81.4 cm³/mol. The van der Waals surface area contributed by atoms with E-state index in [0.717, 1.165) is 17.3 Å². The van der Waals surface area contributed by atoms with Gasteiger partial charge in [-0.15, -0.1) is 0 Å². The predicted octanol–water partition coefficient (Wildman–Crippen LogP) is 3.25. The Bertz CT molecular complexity index is 429. The van der Waals surface area contributed by atoms with Crippen LogP contribution in [0.4, 0.5) is 0 Å². The maximum Gasteiger partial charge on any atom is 0.161 e. The molecule has 0 fully saturated rings. The lowest BCUT2D eigenvalue weighted by Gasteiger charge is -2.24. The van der Waals surface area contributed by atoms with Gasteiger partial charge in [0.25, 0.3) is 0 Å². The molecule has 0 saturated carbocycles. The molecule has 106 valence electrons. The molecular formula is C15H23NO2S. The maximum absolute atomic E-state index is 5.64. The van der Waals surface area contributed by atoms with Gasteiger partial charge >= 0.3 is 0 Å². The zero-order chi connectivity index (χ0) is 13.9. The summed E-state index contributed by atoms with van der Waals surface area (Å²) >= 11 is 1.96. The fraction of sp³-hybridized carbons (Fsp3) is 0.600. The van der Waals surface area contributed by atoms with Gasteiger partial charge in [0.15, 0.2) is 11.5 Å². The Morgan fingerprint density at radius 1 is 1.21 bits per heavy atom. The van der Waals surface area contributed by atoms with Crippen molar-refractivity contribution in [2.45, 2.75) is 31.6 Å². The monoisotopic (exact) mass is 281 g/mol. The van der Waals surface area contributed by atoms with Gasteiger partial charge in [-0.25, -0.2) is 0 Å². The van der Waals surface area contributed by atoms with E-state index in [1.807, 2.05) is 24.9 Å². The van der Waals surface area contributed by atoms with Crippen LogP contribution in [0.5, 0.6) is 11.5 Å². The van der Waals surface area contributed by atoms with Crippen LogP contribution in [0, 0.1) is 0 Å². The van der Waals surface area contributed by atoms with Gasteiger partial charge in [0.1, 0.15) is 13.2 Å². The Labute approximate surface area is 120 Å². The highest BCUT2D eigenvalue weighted by Crippen LogP contribution is 2.34. The topological polar surface area (TPSA) is 30.5 Å². The van der Waals surface area contributed by atoms with Crippen molar-refractivity contribution in [3.8, 4) is 11.5 Å². The van der Waals surface area contributed by atoms with Crippen molar-refractivity contribution >= 4 is 11.8 Å². The molecule has 0 aromatic heterocycles. The van der Waals surface area contributed by atoms with Crippen LogP contribution < -0.4 is 14.8 Å². The van der Waals surface area contributed by atoms with Gasteiger partial charge in [0, 0.05) is 16.5 Å². The Kier molecular flexibility index (Phi) is 4.63. The van der Waals surface area contributed by atoms with Crippen LogP contribution in [-0.2, 0) is 0 Å². The molecule has 1 heterocycles. The fourth-order valence-electron chi connectivity index (χ4n) is 1.96. The minimum Gasteiger partial charge on any atom is -0.486 e. The van der Waals surface area contributed by atoms with E-state index in [-0.39, 0.29) is 4.75 Å². The first-order chi connectivity index (χ1) is 8.99. The van der Waals surface area contributed by atoms with Gasteiger partial charge in [-0.1, -0.05) is 26.8 Å². The molecule has 1 N–H and O–H groups in total. The lowest BCUT2D eigenvalue weighted by atomic mass is 10.1. The van der Waals surface area contributed by atoms with Crippen LogP contribution in [-0.4, -0.2) is 30.8 Å². The summed E-state index contributed by atoms with van der Waals surface area (Å²) in [5.41, 5.74) is 1.25. The van der Waals surface area contributed by atoms with Crippen molar-refractivity contribution in [1.29, 1.82) is 0 Å². The minimum atomic E-state index is 0.281. The summed E-state index contributed by atoms with van der Waals surface area (Å²) in [7, 11) is 2.00. The molecular weight excluding hydrogens is 258 g/mol. The smallest absolute Gasteiger partial charge is 0.161 e. The molecule has 0 saturated heterocycles. The average molecular weight is 281 g/mol. The highest BCUT2D eigenvalue weighted by molar-refractivity contribution is 8.00. The first kappa shape index (κ1) is 14.5. The van der Waals surface area contributed by atoms with E-state index in [2.05, 4.69) is 38.2 Å². The first-order valence-corrected chi connectivity index (χ1v) is 7.69. The molecule has 1 unspecified atom stereocenters. The van der Waals surface area contributed by atoms with Gasteiger partial charge in [-0.05, 0) is 24.7 Å². The third kappa shape index (κ3) is 4.05. The van der Waals surface area contributed by atoms with Crippen molar-refractivity contribution in [2.24, 2.45) is 0 Å². The van der Waals surface area contributed by atoms with Crippen molar-refractivity contribution in [1.82, 2.24) is 5.32 Å². The molecule has 3 nitrogen and oxygen atoms in total. The number of hydrogen-bond acceptors (Lipinski definition) is 4. The van der Waals surface area contributed by atoms with Gasteiger partial charge in [-0.3, -0.25) is 0 Å². The van der Waals surface area contributed by atoms with Crippen LogP contribution >= 0.6 is 11.8 Å². The van der Waals surface area contributed by atoms with Crippen LogP contribution in [0.1, 0.15) is 32.4 Å². The number of nitrogens with one attached hydrogen (secondary N) is 1. The first-order valence-electron chi connectivity index (χ1n) is 6.70. The molecule has 0 spiro atoms. The molecule has 2 rings (SSSR count).